The van der Waals surface area contributed by atoms with Crippen molar-refractivity contribution in [3.05, 3.63) is 22.4 Å². The molecule has 0 spiro atoms. The summed E-state index contributed by atoms with van der Waals surface area (Å²) in [5.41, 5.74) is 1.59. The minimum Gasteiger partial charge on any atom is -0.385 e. The maximum atomic E-state index is 11.8. The van der Waals surface area contributed by atoms with E-state index in [2.05, 4.69) is 25.7 Å². The molecule has 3 atom stereocenters. The van der Waals surface area contributed by atoms with E-state index >= 15 is 0 Å². The number of allylic oxidation sites excluding steroid dienone is 2. The molecule has 0 saturated heterocycles. The largest absolute Gasteiger partial charge is 0.385 e. The van der Waals surface area contributed by atoms with E-state index in [1.165, 1.54) is 10.8 Å². The van der Waals surface area contributed by atoms with Crippen molar-refractivity contribution < 1.29 is 9.90 Å². The van der Waals surface area contributed by atoms with Gasteiger partial charge in [-0.3, -0.25) is 4.79 Å². The third-order valence-electron chi connectivity index (χ3n) is 5.09. The number of hydrogen-bond acceptors (Lipinski definition) is 2. The second-order valence-electron chi connectivity index (χ2n) is 7.28. The zero-order chi connectivity index (χ0) is 13.3. The van der Waals surface area contributed by atoms with E-state index in [4.69, 9.17) is 0 Å². The Balaban J connectivity index is 2.01. The summed E-state index contributed by atoms with van der Waals surface area (Å²) in [4.78, 5) is 11.8. The summed E-state index contributed by atoms with van der Waals surface area (Å²) in [7, 11) is -1.33. The molecule has 1 fully saturated rings. The van der Waals surface area contributed by atoms with Crippen LogP contribution in [0, 0.1) is 11.8 Å². The first-order valence-electron chi connectivity index (χ1n) is 6.91. The van der Waals surface area contributed by atoms with Crippen molar-refractivity contribution in [1.29, 1.82) is 0 Å². The van der Waals surface area contributed by atoms with Crippen LogP contribution < -0.4 is 0 Å². The van der Waals surface area contributed by atoms with Crippen LogP contribution in [0.25, 0.3) is 0 Å². The van der Waals surface area contributed by atoms with Gasteiger partial charge in [0.2, 0.25) is 0 Å². The molecule has 0 aromatic carbocycles. The summed E-state index contributed by atoms with van der Waals surface area (Å²) >= 11 is 0. The highest BCUT2D eigenvalue weighted by atomic mass is 28.3. The van der Waals surface area contributed by atoms with E-state index in [1.807, 2.05) is 6.92 Å². The minimum absolute atomic E-state index is 0.204. The number of fused-ring (bicyclic) bond motifs is 3. The van der Waals surface area contributed by atoms with E-state index in [0.29, 0.717) is 18.1 Å². The van der Waals surface area contributed by atoms with Crippen molar-refractivity contribution in [2.75, 3.05) is 0 Å². The molecule has 2 nitrogen and oxygen atoms in total. The van der Waals surface area contributed by atoms with Crippen molar-refractivity contribution in [2.45, 2.75) is 51.4 Å². The molecular weight excluding hydrogens is 240 g/mol. The van der Waals surface area contributed by atoms with Crippen molar-refractivity contribution >= 4 is 13.9 Å². The van der Waals surface area contributed by atoms with E-state index in [0.717, 1.165) is 18.4 Å². The fraction of sp³-hybridized carbons (Fsp3) is 0.667. The van der Waals surface area contributed by atoms with Gasteiger partial charge in [-0.15, -0.1) is 0 Å². The van der Waals surface area contributed by atoms with Crippen LogP contribution >= 0.6 is 0 Å². The first kappa shape index (κ1) is 12.4. The Hall–Kier alpha value is -0.673. The van der Waals surface area contributed by atoms with Gasteiger partial charge in [0, 0.05) is 12.3 Å². The first-order chi connectivity index (χ1) is 8.22. The fourth-order valence-corrected chi connectivity index (χ4v) is 5.54. The molecule has 0 bridgehead atoms. The van der Waals surface area contributed by atoms with Crippen LogP contribution in [0.15, 0.2) is 22.4 Å². The van der Waals surface area contributed by atoms with Crippen molar-refractivity contribution in [2.24, 2.45) is 11.8 Å². The van der Waals surface area contributed by atoms with Crippen molar-refractivity contribution in [1.82, 2.24) is 0 Å². The van der Waals surface area contributed by atoms with Gasteiger partial charge in [0.25, 0.3) is 0 Å². The summed E-state index contributed by atoms with van der Waals surface area (Å²) in [5.74, 6) is 0.834. The number of carbonyl (C=O) groups excluding carboxylic acids is 1. The van der Waals surface area contributed by atoms with E-state index in [1.54, 1.807) is 0 Å². The molecule has 0 heterocycles. The molecule has 0 aromatic heterocycles. The summed E-state index contributed by atoms with van der Waals surface area (Å²) in [5, 5.41) is 12.4. The monoisotopic (exact) mass is 262 g/mol. The molecule has 1 N–H and O–H groups in total. The molecule has 0 amide bonds. The average molecular weight is 262 g/mol. The van der Waals surface area contributed by atoms with Crippen LogP contribution in [0.1, 0.15) is 26.2 Å². The summed E-state index contributed by atoms with van der Waals surface area (Å²) in [6.45, 7) is 8.96. The average Bonchev–Trinajstić information content (AvgIpc) is 2.74. The highest BCUT2D eigenvalue weighted by Gasteiger charge is 2.55. The third kappa shape index (κ3) is 1.53. The van der Waals surface area contributed by atoms with Gasteiger partial charge in [-0.05, 0) is 31.3 Å². The third-order valence-corrected chi connectivity index (χ3v) is 7.36. The predicted octanol–water partition coefficient (Wildman–Crippen LogP) is 2.85. The molecule has 0 unspecified atom stereocenters. The van der Waals surface area contributed by atoms with Gasteiger partial charge in [0.15, 0.2) is 5.78 Å². The molecule has 3 aliphatic carbocycles. The van der Waals surface area contributed by atoms with Gasteiger partial charge >= 0.3 is 0 Å². The number of aliphatic hydroxyl groups is 1. The Morgan fingerprint density at radius 2 is 2.00 bits per heavy atom. The molecule has 1 saturated carbocycles. The normalized spacial score (nSPS) is 39.2. The summed E-state index contributed by atoms with van der Waals surface area (Å²) in [6, 6.07) is 0. The molecule has 0 aliphatic heterocycles. The number of Topliss-reactive ketones (excluding diaryl/α,β-unsaturated/α-hetero) is 1. The zero-order valence-electron chi connectivity index (χ0n) is 11.7. The summed E-state index contributed by atoms with van der Waals surface area (Å²) in [6.07, 6.45) is 4.55. The molecule has 98 valence electrons. The molecule has 3 heteroatoms. The van der Waals surface area contributed by atoms with Gasteiger partial charge in [-0.1, -0.05) is 36.5 Å². The van der Waals surface area contributed by atoms with E-state index in [9.17, 15) is 9.90 Å². The molecule has 0 radical (unpaired) electrons. The second kappa shape index (κ2) is 3.45. The molecule has 3 aliphatic rings. The highest BCUT2D eigenvalue weighted by Crippen LogP contribution is 2.57. The molecule has 3 rings (SSSR count). The maximum Gasteiger partial charge on any atom is 0.159 e. The lowest BCUT2D eigenvalue weighted by Gasteiger charge is -2.22. The smallest absolute Gasteiger partial charge is 0.159 e. The Bertz CT molecular complexity index is 495. The zero-order valence-corrected chi connectivity index (χ0v) is 12.7. The van der Waals surface area contributed by atoms with Crippen LogP contribution in [0.2, 0.25) is 19.6 Å². The van der Waals surface area contributed by atoms with Crippen LogP contribution in [0.3, 0.4) is 0 Å². The lowest BCUT2D eigenvalue weighted by Crippen LogP contribution is -2.28. The van der Waals surface area contributed by atoms with Crippen LogP contribution in [-0.4, -0.2) is 24.6 Å². The molecule has 18 heavy (non-hydrogen) atoms. The van der Waals surface area contributed by atoms with Crippen LogP contribution in [-0.2, 0) is 4.79 Å². The van der Waals surface area contributed by atoms with E-state index in [-0.39, 0.29) is 5.92 Å². The molecular formula is C15H22O2Si. The standard InChI is InChI=1S/C15H22O2Si/c1-9-13(16)5-10-7-15(17)8-11(18(2,3)4)6-12(15)14(9)10/h8,10,12,17H,5-7H2,1-4H3/t10-,12+,15-/m1/s1. The Morgan fingerprint density at radius 3 is 2.61 bits per heavy atom. The van der Waals surface area contributed by atoms with Crippen LogP contribution in [0.4, 0.5) is 0 Å². The quantitative estimate of drug-likeness (QED) is 0.738. The number of rotatable bonds is 1. The topological polar surface area (TPSA) is 37.3 Å². The van der Waals surface area contributed by atoms with Crippen molar-refractivity contribution in [3.8, 4) is 0 Å². The Morgan fingerprint density at radius 1 is 1.33 bits per heavy atom. The number of hydrogen-bond donors (Lipinski definition) is 1. The van der Waals surface area contributed by atoms with Gasteiger partial charge in [0.05, 0.1) is 13.7 Å². The summed E-state index contributed by atoms with van der Waals surface area (Å²) < 4.78 is 0. The van der Waals surface area contributed by atoms with Gasteiger partial charge in [-0.25, -0.2) is 0 Å². The number of carbonyl (C=O) groups is 1. The van der Waals surface area contributed by atoms with Gasteiger partial charge < -0.3 is 5.11 Å². The number of ketones is 1. The van der Waals surface area contributed by atoms with Crippen LogP contribution in [0.5, 0.6) is 0 Å². The lowest BCUT2D eigenvalue weighted by molar-refractivity contribution is -0.115. The Kier molecular flexibility index (Phi) is 2.37. The SMILES string of the molecule is CC1=C2[C@H](CC1=O)C[C@@]1(O)C=C([Si](C)(C)C)C[C@@H]21. The minimum atomic E-state index is -1.33. The molecule has 0 aromatic rings. The Labute approximate surface area is 110 Å². The first-order valence-corrected chi connectivity index (χ1v) is 10.4. The fourth-order valence-electron chi connectivity index (χ4n) is 4.04. The van der Waals surface area contributed by atoms with Crippen molar-refractivity contribution in [3.63, 3.8) is 0 Å². The van der Waals surface area contributed by atoms with E-state index < -0.39 is 13.7 Å². The van der Waals surface area contributed by atoms with Gasteiger partial charge in [0.1, 0.15) is 0 Å². The highest BCUT2D eigenvalue weighted by molar-refractivity contribution is 6.83. The maximum absolute atomic E-state index is 11.8. The van der Waals surface area contributed by atoms with Gasteiger partial charge in [-0.2, -0.15) is 0 Å². The lowest BCUT2D eigenvalue weighted by atomic mass is 9.90. The predicted molar refractivity (Wildman–Crippen MR) is 74.9 cm³/mol. The second-order valence-corrected chi connectivity index (χ2v) is 12.4.